The number of pyridine rings is 1. The number of nitrogens with zero attached hydrogens (tertiary/aromatic N) is 3. The standard InChI is InChI=1S/C22H23N5O3/c1-15-11-18-21(23-12-15)27(13-20(28)24-18)22(29)25-19(14-30-2)16-5-7-17(8-6-16)26-9-3-4-10-26/h3-12,19H,13-14H2,1-2H3,(H,24,28)(H,25,29). The van der Waals surface area contributed by atoms with Gasteiger partial charge in [0.1, 0.15) is 6.54 Å². The molecule has 1 aromatic carbocycles. The van der Waals surface area contributed by atoms with Crippen molar-refractivity contribution in [1.82, 2.24) is 14.9 Å². The number of nitrogens with one attached hydrogen (secondary N) is 2. The van der Waals surface area contributed by atoms with E-state index in [1.165, 1.54) is 4.90 Å². The van der Waals surface area contributed by atoms with Crippen LogP contribution in [0, 0.1) is 6.92 Å². The molecule has 2 N–H and O–H groups in total. The Morgan fingerprint density at radius 1 is 1.27 bits per heavy atom. The minimum Gasteiger partial charge on any atom is -0.382 e. The highest BCUT2D eigenvalue weighted by molar-refractivity contribution is 6.08. The van der Waals surface area contributed by atoms with Crippen LogP contribution in [0.3, 0.4) is 0 Å². The second-order valence-corrected chi connectivity index (χ2v) is 7.16. The molecule has 0 fully saturated rings. The fourth-order valence-electron chi connectivity index (χ4n) is 3.45. The number of methoxy groups -OCH3 is 1. The van der Waals surface area contributed by atoms with Crippen molar-refractivity contribution >= 4 is 23.4 Å². The van der Waals surface area contributed by atoms with Gasteiger partial charge in [0.05, 0.1) is 18.3 Å². The number of anilines is 2. The van der Waals surface area contributed by atoms with E-state index in [-0.39, 0.29) is 18.5 Å². The van der Waals surface area contributed by atoms with Crippen molar-refractivity contribution in [3.05, 3.63) is 72.2 Å². The zero-order valence-electron chi connectivity index (χ0n) is 16.8. The number of fused-ring (bicyclic) bond motifs is 1. The van der Waals surface area contributed by atoms with Crippen molar-refractivity contribution in [3.63, 3.8) is 0 Å². The van der Waals surface area contributed by atoms with Gasteiger partial charge in [0.15, 0.2) is 5.82 Å². The lowest BCUT2D eigenvalue weighted by Crippen LogP contribution is -2.49. The lowest BCUT2D eigenvalue weighted by molar-refractivity contribution is -0.115. The highest BCUT2D eigenvalue weighted by atomic mass is 16.5. The van der Waals surface area contributed by atoms with Gasteiger partial charge < -0.3 is 19.9 Å². The summed E-state index contributed by atoms with van der Waals surface area (Å²) in [7, 11) is 1.58. The van der Waals surface area contributed by atoms with Crippen LogP contribution >= 0.6 is 0 Å². The van der Waals surface area contributed by atoms with Crippen LogP contribution in [-0.2, 0) is 9.53 Å². The lowest BCUT2D eigenvalue weighted by atomic mass is 10.1. The molecule has 4 rings (SSSR count). The van der Waals surface area contributed by atoms with E-state index in [9.17, 15) is 9.59 Å². The van der Waals surface area contributed by atoms with Crippen LogP contribution in [-0.4, -0.2) is 41.8 Å². The highest BCUT2D eigenvalue weighted by Gasteiger charge is 2.29. The van der Waals surface area contributed by atoms with Gasteiger partial charge in [-0.25, -0.2) is 9.78 Å². The molecule has 8 heteroatoms. The minimum atomic E-state index is -0.404. The molecule has 0 bridgehead atoms. The van der Waals surface area contributed by atoms with Crippen molar-refractivity contribution in [3.8, 4) is 5.69 Å². The molecule has 1 aliphatic heterocycles. The Labute approximate surface area is 174 Å². The Balaban J connectivity index is 1.55. The predicted octanol–water partition coefficient (Wildman–Crippen LogP) is 3.04. The van der Waals surface area contributed by atoms with E-state index in [1.807, 2.05) is 60.3 Å². The molecule has 0 spiro atoms. The molecule has 3 amide bonds. The van der Waals surface area contributed by atoms with Crippen molar-refractivity contribution in [2.75, 3.05) is 30.5 Å². The molecule has 1 unspecified atom stereocenters. The first kappa shape index (κ1) is 19.7. The number of amides is 3. The number of carbonyl (C=O) groups excluding carboxylic acids is 2. The quantitative estimate of drug-likeness (QED) is 0.683. The van der Waals surface area contributed by atoms with Gasteiger partial charge in [-0.3, -0.25) is 9.69 Å². The second kappa shape index (κ2) is 8.38. The molecule has 30 heavy (non-hydrogen) atoms. The smallest absolute Gasteiger partial charge is 0.324 e. The van der Waals surface area contributed by atoms with Gasteiger partial charge in [-0.15, -0.1) is 0 Å². The number of benzene rings is 1. The van der Waals surface area contributed by atoms with Crippen molar-refractivity contribution < 1.29 is 14.3 Å². The summed E-state index contributed by atoms with van der Waals surface area (Å²) >= 11 is 0. The maximum absolute atomic E-state index is 13.0. The Hall–Kier alpha value is -3.65. The molecule has 154 valence electrons. The topological polar surface area (TPSA) is 88.5 Å². The van der Waals surface area contributed by atoms with Crippen LogP contribution in [0.1, 0.15) is 17.2 Å². The average molecular weight is 405 g/mol. The maximum Gasteiger partial charge on any atom is 0.324 e. The summed E-state index contributed by atoms with van der Waals surface area (Å²) < 4.78 is 7.33. The van der Waals surface area contributed by atoms with Crippen LogP contribution in [0.4, 0.5) is 16.3 Å². The third kappa shape index (κ3) is 4.04. The Morgan fingerprint density at radius 2 is 2.00 bits per heavy atom. The van der Waals surface area contributed by atoms with Gasteiger partial charge in [0, 0.05) is 31.4 Å². The predicted molar refractivity (Wildman–Crippen MR) is 114 cm³/mol. The molecular formula is C22H23N5O3. The Bertz CT molecular complexity index is 1050. The normalized spacial score (nSPS) is 14.1. The van der Waals surface area contributed by atoms with Gasteiger partial charge in [-0.05, 0) is 48.4 Å². The van der Waals surface area contributed by atoms with Crippen LogP contribution in [0.2, 0.25) is 0 Å². The van der Waals surface area contributed by atoms with Crippen molar-refractivity contribution in [1.29, 1.82) is 0 Å². The summed E-state index contributed by atoms with van der Waals surface area (Å²) in [5.74, 6) is 0.168. The molecule has 0 saturated carbocycles. The molecule has 0 saturated heterocycles. The molecule has 8 nitrogen and oxygen atoms in total. The number of aryl methyl sites for hydroxylation is 1. The van der Waals surface area contributed by atoms with Gasteiger partial charge in [0.2, 0.25) is 5.91 Å². The molecule has 0 radical (unpaired) electrons. The van der Waals surface area contributed by atoms with E-state index in [0.29, 0.717) is 18.1 Å². The maximum atomic E-state index is 13.0. The zero-order valence-corrected chi connectivity index (χ0v) is 16.8. The highest BCUT2D eigenvalue weighted by Crippen LogP contribution is 2.28. The van der Waals surface area contributed by atoms with Gasteiger partial charge in [-0.2, -0.15) is 0 Å². The molecular weight excluding hydrogens is 382 g/mol. The monoisotopic (exact) mass is 405 g/mol. The van der Waals surface area contributed by atoms with Crippen LogP contribution in [0.5, 0.6) is 0 Å². The largest absolute Gasteiger partial charge is 0.382 e. The van der Waals surface area contributed by atoms with Crippen LogP contribution in [0.25, 0.3) is 5.69 Å². The van der Waals surface area contributed by atoms with Crippen molar-refractivity contribution in [2.45, 2.75) is 13.0 Å². The zero-order chi connectivity index (χ0) is 21.1. The second-order valence-electron chi connectivity index (χ2n) is 7.16. The summed E-state index contributed by atoms with van der Waals surface area (Å²) in [5.41, 5.74) is 3.35. The first-order valence-corrected chi connectivity index (χ1v) is 9.62. The lowest BCUT2D eigenvalue weighted by Gasteiger charge is -2.30. The van der Waals surface area contributed by atoms with E-state index in [0.717, 1.165) is 16.8 Å². The van der Waals surface area contributed by atoms with Gasteiger partial charge in [-0.1, -0.05) is 12.1 Å². The summed E-state index contributed by atoms with van der Waals surface area (Å²) in [6, 6.07) is 12.8. The van der Waals surface area contributed by atoms with Gasteiger partial charge >= 0.3 is 6.03 Å². The molecule has 3 aromatic rings. The number of hydrogen-bond acceptors (Lipinski definition) is 4. The molecule has 1 aliphatic rings. The number of urea groups is 1. The van der Waals surface area contributed by atoms with E-state index >= 15 is 0 Å². The van der Waals surface area contributed by atoms with Gasteiger partial charge in [0.25, 0.3) is 0 Å². The van der Waals surface area contributed by atoms with Crippen LogP contribution < -0.4 is 15.5 Å². The number of hydrogen-bond donors (Lipinski definition) is 2. The summed E-state index contributed by atoms with van der Waals surface area (Å²) in [6.07, 6.45) is 5.61. The summed E-state index contributed by atoms with van der Waals surface area (Å²) in [5, 5.41) is 5.73. The molecule has 2 aromatic heterocycles. The number of aromatic nitrogens is 2. The van der Waals surface area contributed by atoms with E-state index in [1.54, 1.807) is 19.4 Å². The summed E-state index contributed by atoms with van der Waals surface area (Å²) in [6.45, 7) is 2.08. The van der Waals surface area contributed by atoms with Crippen molar-refractivity contribution in [2.24, 2.45) is 0 Å². The fourth-order valence-corrected chi connectivity index (χ4v) is 3.45. The first-order chi connectivity index (χ1) is 14.5. The summed E-state index contributed by atoms with van der Waals surface area (Å²) in [4.78, 5) is 30.8. The Morgan fingerprint density at radius 3 is 2.70 bits per heavy atom. The van der Waals surface area contributed by atoms with E-state index in [4.69, 9.17) is 4.74 Å². The molecule has 1 atom stereocenters. The number of rotatable bonds is 5. The van der Waals surface area contributed by atoms with E-state index in [2.05, 4.69) is 15.6 Å². The third-order valence-electron chi connectivity index (χ3n) is 4.91. The Kier molecular flexibility index (Phi) is 5.49. The number of ether oxygens (including phenoxy) is 1. The number of carbonyl (C=O) groups is 2. The first-order valence-electron chi connectivity index (χ1n) is 9.62. The average Bonchev–Trinajstić information content (AvgIpc) is 3.27. The fraction of sp³-hybridized carbons (Fsp3) is 0.227. The molecule has 0 aliphatic carbocycles. The molecule has 3 heterocycles. The third-order valence-corrected chi connectivity index (χ3v) is 4.91. The SMILES string of the molecule is COCC(NC(=O)N1CC(=O)Nc2cc(C)cnc21)c1ccc(-n2cccc2)cc1. The minimum absolute atomic E-state index is 0.0961. The van der Waals surface area contributed by atoms with Crippen LogP contribution in [0.15, 0.2) is 61.1 Å². The van der Waals surface area contributed by atoms with E-state index < -0.39 is 6.03 Å².